The Hall–Kier alpha value is -1.93. The quantitative estimate of drug-likeness (QED) is 0.668. The maximum Gasteiger partial charge on any atom is 0.410 e. The van der Waals surface area contributed by atoms with Gasteiger partial charge < -0.3 is 9.64 Å². The van der Waals surface area contributed by atoms with Gasteiger partial charge >= 0.3 is 6.09 Å². The first-order valence-electron chi connectivity index (χ1n) is 10.7. The average Bonchev–Trinajstić information content (AvgIpc) is 2.64. The highest BCUT2D eigenvalue weighted by molar-refractivity contribution is 5.87. The molecule has 2 fully saturated rings. The number of amides is 3. The Labute approximate surface area is 177 Å². The van der Waals surface area contributed by atoms with Crippen LogP contribution in [0.1, 0.15) is 73.1 Å². The van der Waals surface area contributed by atoms with Crippen molar-refractivity contribution in [2.75, 3.05) is 13.1 Å². The molecule has 0 spiro atoms. The van der Waals surface area contributed by atoms with E-state index in [1.54, 1.807) is 25.7 Å². The van der Waals surface area contributed by atoms with Gasteiger partial charge in [-0.1, -0.05) is 13.8 Å². The lowest BCUT2D eigenvalue weighted by Gasteiger charge is -2.43. The molecule has 0 aromatic rings. The van der Waals surface area contributed by atoms with Gasteiger partial charge in [-0.15, -0.1) is 0 Å². The van der Waals surface area contributed by atoms with E-state index in [0.29, 0.717) is 25.9 Å². The van der Waals surface area contributed by atoms with Gasteiger partial charge in [0.15, 0.2) is 0 Å². The van der Waals surface area contributed by atoms with Crippen molar-refractivity contribution in [1.29, 1.82) is 0 Å². The van der Waals surface area contributed by atoms with Gasteiger partial charge in [0.25, 0.3) is 0 Å². The summed E-state index contributed by atoms with van der Waals surface area (Å²) >= 11 is 0. The van der Waals surface area contributed by atoms with Crippen molar-refractivity contribution in [3.05, 3.63) is 0 Å². The van der Waals surface area contributed by atoms with Gasteiger partial charge in [-0.05, 0) is 52.4 Å². The number of ether oxygens (including phenoxy) is 1. The molecule has 2 rings (SSSR count). The number of halogens is 2. The number of nitrogens with zero attached hydrogens (tertiary/aromatic N) is 1. The third-order valence-corrected chi connectivity index (χ3v) is 6.25. The van der Waals surface area contributed by atoms with Gasteiger partial charge in [0.1, 0.15) is 5.60 Å². The van der Waals surface area contributed by atoms with E-state index in [9.17, 15) is 23.2 Å². The van der Waals surface area contributed by atoms with Crippen LogP contribution in [-0.4, -0.2) is 47.4 Å². The zero-order valence-electron chi connectivity index (χ0n) is 18.6. The third kappa shape index (κ3) is 6.04. The Morgan fingerprint density at radius 2 is 1.53 bits per heavy atom. The molecule has 1 aliphatic heterocycles. The van der Waals surface area contributed by atoms with Crippen molar-refractivity contribution in [3.63, 3.8) is 0 Å². The van der Waals surface area contributed by atoms with E-state index >= 15 is 0 Å². The number of piperidine rings is 1. The Morgan fingerprint density at radius 3 is 2.00 bits per heavy atom. The lowest BCUT2D eigenvalue weighted by Crippen LogP contribution is -2.57. The van der Waals surface area contributed by atoms with Crippen LogP contribution in [0.25, 0.3) is 0 Å². The van der Waals surface area contributed by atoms with E-state index < -0.39 is 34.9 Å². The largest absolute Gasteiger partial charge is 0.444 e. The second-order valence-corrected chi connectivity index (χ2v) is 9.85. The molecule has 0 bridgehead atoms. The lowest BCUT2D eigenvalue weighted by atomic mass is 9.69. The highest BCUT2D eigenvalue weighted by Crippen LogP contribution is 2.39. The summed E-state index contributed by atoms with van der Waals surface area (Å²) in [6.07, 6.45) is 0.0830. The molecule has 0 radical (unpaired) electrons. The monoisotopic (exact) mass is 431 g/mol. The maximum atomic E-state index is 13.3. The summed E-state index contributed by atoms with van der Waals surface area (Å²) in [7, 11) is 0. The topological polar surface area (TPSA) is 87.7 Å². The lowest BCUT2D eigenvalue weighted by molar-refractivity contribution is -0.142. The Balaban J connectivity index is 1.91. The van der Waals surface area contributed by atoms with Crippen molar-refractivity contribution in [2.24, 2.45) is 17.3 Å². The fraction of sp³-hybridized carbons (Fsp3) is 0.857. The Bertz CT molecular complexity index is 643. The maximum absolute atomic E-state index is 13.3. The molecule has 1 heterocycles. The average molecular weight is 432 g/mol. The van der Waals surface area contributed by atoms with Crippen LogP contribution in [-0.2, 0) is 14.3 Å². The fourth-order valence-electron chi connectivity index (χ4n) is 4.13. The van der Waals surface area contributed by atoms with Gasteiger partial charge in [0.2, 0.25) is 17.7 Å². The molecule has 3 amide bonds. The van der Waals surface area contributed by atoms with Gasteiger partial charge in [-0.25, -0.2) is 13.6 Å². The standard InChI is InChI=1S/C21H35F2N3O4/c1-14(2)20(10-12-26(13-11-20)18(29)30-19(3,4)5)17(28)25-24-16(27)15-6-8-21(22,23)9-7-15/h14-15H,6-13H2,1-5H3,(H,24,27)(H,25,28). The van der Waals surface area contributed by atoms with Crippen LogP contribution in [0, 0.1) is 17.3 Å². The van der Waals surface area contributed by atoms with Crippen LogP contribution < -0.4 is 10.9 Å². The molecular formula is C21H35F2N3O4. The Kier molecular flexibility index (Phi) is 7.35. The minimum Gasteiger partial charge on any atom is -0.444 e. The molecule has 1 saturated carbocycles. The number of carbonyl (C=O) groups excluding carboxylic acids is 3. The summed E-state index contributed by atoms with van der Waals surface area (Å²) in [6, 6.07) is 0. The molecule has 0 atom stereocenters. The molecule has 2 aliphatic rings. The minimum atomic E-state index is -2.70. The fourth-order valence-corrected chi connectivity index (χ4v) is 4.13. The van der Waals surface area contributed by atoms with Gasteiger partial charge in [-0.2, -0.15) is 0 Å². The number of hydrazine groups is 1. The van der Waals surface area contributed by atoms with Crippen molar-refractivity contribution < 1.29 is 27.9 Å². The third-order valence-electron chi connectivity index (χ3n) is 6.25. The predicted octanol–water partition coefficient (Wildman–Crippen LogP) is 3.63. The minimum absolute atomic E-state index is 0.0106. The summed E-state index contributed by atoms with van der Waals surface area (Å²) in [5, 5.41) is 0. The molecule has 1 saturated heterocycles. The van der Waals surface area contributed by atoms with Crippen molar-refractivity contribution >= 4 is 17.9 Å². The molecular weight excluding hydrogens is 396 g/mol. The highest BCUT2D eigenvalue weighted by atomic mass is 19.3. The first-order chi connectivity index (χ1) is 13.8. The predicted molar refractivity (Wildman–Crippen MR) is 108 cm³/mol. The molecule has 0 unspecified atom stereocenters. The van der Waals surface area contributed by atoms with Crippen LogP contribution in [0.3, 0.4) is 0 Å². The van der Waals surface area contributed by atoms with Crippen LogP contribution in [0.15, 0.2) is 0 Å². The van der Waals surface area contributed by atoms with Gasteiger partial charge in [-0.3, -0.25) is 20.4 Å². The van der Waals surface area contributed by atoms with E-state index in [0.717, 1.165) is 0 Å². The van der Waals surface area contributed by atoms with E-state index in [2.05, 4.69) is 10.9 Å². The number of likely N-dealkylation sites (tertiary alicyclic amines) is 1. The van der Waals surface area contributed by atoms with E-state index in [4.69, 9.17) is 4.74 Å². The summed E-state index contributed by atoms with van der Waals surface area (Å²) < 4.78 is 32.0. The highest BCUT2D eigenvalue weighted by Gasteiger charge is 2.45. The van der Waals surface area contributed by atoms with Gasteiger partial charge in [0, 0.05) is 31.8 Å². The normalized spacial score (nSPS) is 21.8. The summed E-state index contributed by atoms with van der Waals surface area (Å²) in [5.41, 5.74) is 3.63. The zero-order chi connectivity index (χ0) is 22.7. The number of alkyl halides is 2. The van der Waals surface area contributed by atoms with E-state index in [-0.39, 0.29) is 37.5 Å². The number of carbonyl (C=O) groups is 3. The van der Waals surface area contributed by atoms with Crippen LogP contribution in [0.5, 0.6) is 0 Å². The molecule has 30 heavy (non-hydrogen) atoms. The molecule has 7 nitrogen and oxygen atoms in total. The van der Waals surface area contributed by atoms with Crippen LogP contribution in [0.4, 0.5) is 13.6 Å². The molecule has 172 valence electrons. The second kappa shape index (κ2) is 9.06. The van der Waals surface area contributed by atoms with Crippen molar-refractivity contribution in [1.82, 2.24) is 15.8 Å². The first-order valence-corrected chi connectivity index (χ1v) is 10.7. The Morgan fingerprint density at radius 1 is 1.00 bits per heavy atom. The molecule has 0 aromatic heterocycles. The number of nitrogens with one attached hydrogen (secondary N) is 2. The van der Waals surface area contributed by atoms with E-state index in [1.165, 1.54) is 0 Å². The number of hydrogen-bond donors (Lipinski definition) is 2. The number of hydrogen-bond acceptors (Lipinski definition) is 4. The van der Waals surface area contributed by atoms with Gasteiger partial charge in [0.05, 0.1) is 5.41 Å². The molecule has 2 N–H and O–H groups in total. The summed E-state index contributed by atoms with van der Waals surface area (Å²) in [4.78, 5) is 39.2. The first kappa shape index (κ1) is 24.3. The smallest absolute Gasteiger partial charge is 0.410 e. The second-order valence-electron chi connectivity index (χ2n) is 9.85. The summed E-state index contributed by atoms with van der Waals surface area (Å²) in [5.74, 6) is -3.97. The van der Waals surface area contributed by atoms with Crippen molar-refractivity contribution in [3.8, 4) is 0 Å². The van der Waals surface area contributed by atoms with Crippen LogP contribution >= 0.6 is 0 Å². The SMILES string of the molecule is CC(C)C1(C(=O)NNC(=O)C2CCC(F)(F)CC2)CCN(C(=O)OC(C)(C)C)CC1. The molecule has 1 aliphatic carbocycles. The van der Waals surface area contributed by atoms with E-state index in [1.807, 2.05) is 13.8 Å². The summed E-state index contributed by atoms with van der Waals surface area (Å²) in [6.45, 7) is 10.0. The zero-order valence-corrected chi connectivity index (χ0v) is 18.6. The van der Waals surface area contributed by atoms with Crippen LogP contribution in [0.2, 0.25) is 0 Å². The molecule has 0 aromatic carbocycles. The number of rotatable bonds is 3. The van der Waals surface area contributed by atoms with Crippen molar-refractivity contribution in [2.45, 2.75) is 84.7 Å². The molecule has 9 heteroatoms.